The molecule has 4 heteroatoms. The van der Waals surface area contributed by atoms with Gasteiger partial charge >= 0.3 is 0 Å². The number of hydrogen-bond donors (Lipinski definition) is 2. The van der Waals surface area contributed by atoms with Gasteiger partial charge in [0.1, 0.15) is 0 Å². The van der Waals surface area contributed by atoms with Gasteiger partial charge in [-0.15, -0.1) is 0 Å². The van der Waals surface area contributed by atoms with Crippen molar-refractivity contribution in [2.24, 2.45) is 40.4 Å². The maximum Gasteiger partial charge on any atom is 0.0883 e. The zero-order valence-electron chi connectivity index (χ0n) is 18.3. The summed E-state index contributed by atoms with van der Waals surface area (Å²) in [6.45, 7) is 7.65. The quantitative estimate of drug-likeness (QED) is 0.573. The molecule has 0 aromatic heterocycles. The molecule has 3 nitrogen and oxygen atoms in total. The van der Waals surface area contributed by atoms with Gasteiger partial charge in [0.25, 0.3) is 0 Å². The Balaban J connectivity index is 1.58. The number of rotatable bonds is 4. The van der Waals surface area contributed by atoms with Crippen molar-refractivity contribution in [2.45, 2.75) is 89.8 Å². The molecule has 2 N–H and O–H groups in total. The van der Waals surface area contributed by atoms with Crippen LogP contribution in [0.1, 0.15) is 78.6 Å². The summed E-state index contributed by atoms with van der Waals surface area (Å²) in [5, 5.41) is 23.6. The maximum atomic E-state index is 11.8. The number of halogens is 1. The van der Waals surface area contributed by atoms with E-state index < -0.39 is 11.2 Å². The second-order valence-corrected chi connectivity index (χ2v) is 12.1. The van der Waals surface area contributed by atoms with Gasteiger partial charge in [0.05, 0.1) is 17.8 Å². The summed E-state index contributed by atoms with van der Waals surface area (Å²) in [6, 6.07) is 0. The van der Waals surface area contributed by atoms with Crippen LogP contribution in [0.4, 0.5) is 0 Å². The molecule has 0 amide bonds. The van der Waals surface area contributed by atoms with Crippen molar-refractivity contribution in [3.63, 3.8) is 0 Å². The minimum atomic E-state index is -0.617. The molecule has 28 heavy (non-hydrogen) atoms. The predicted molar refractivity (Wildman–Crippen MR) is 116 cm³/mol. The Morgan fingerprint density at radius 2 is 1.71 bits per heavy atom. The zero-order chi connectivity index (χ0) is 20.4. The van der Waals surface area contributed by atoms with Crippen molar-refractivity contribution in [1.82, 2.24) is 0 Å². The smallest absolute Gasteiger partial charge is 0.0883 e. The topological polar surface area (TPSA) is 49.7 Å². The lowest BCUT2D eigenvalue weighted by atomic mass is 9.43. The standard InChI is InChI=1S/C24H41BrO3/c1-16(14-25)24(27)10-8-20-18-6-5-17-13-23(26,15-28-4)12-11-21(17,2)19(18)7-9-22(20,24)3/h16-20,26-27H,5-15H2,1-4H3/t16?,17-,18-,19+,20+,21+,22+,23-,24+/m1/s1. The Kier molecular flexibility index (Phi) is 5.56. The van der Waals surface area contributed by atoms with E-state index in [2.05, 4.69) is 36.7 Å². The van der Waals surface area contributed by atoms with Gasteiger partial charge in [-0.1, -0.05) is 36.7 Å². The molecule has 0 aromatic carbocycles. The van der Waals surface area contributed by atoms with E-state index in [1.165, 1.54) is 25.7 Å². The fourth-order valence-electron chi connectivity index (χ4n) is 8.71. The van der Waals surface area contributed by atoms with E-state index in [0.29, 0.717) is 29.8 Å². The van der Waals surface area contributed by atoms with Crippen LogP contribution in [0.15, 0.2) is 0 Å². The third-order valence-electron chi connectivity index (χ3n) is 10.5. The fraction of sp³-hybridized carbons (Fsp3) is 1.00. The van der Waals surface area contributed by atoms with Crippen LogP contribution >= 0.6 is 15.9 Å². The van der Waals surface area contributed by atoms with Crippen molar-refractivity contribution in [2.75, 3.05) is 19.0 Å². The molecule has 1 unspecified atom stereocenters. The highest BCUT2D eigenvalue weighted by molar-refractivity contribution is 9.09. The van der Waals surface area contributed by atoms with Crippen LogP contribution in [0, 0.1) is 40.4 Å². The highest BCUT2D eigenvalue weighted by Crippen LogP contribution is 2.69. The van der Waals surface area contributed by atoms with Crippen molar-refractivity contribution in [3.8, 4) is 0 Å². The summed E-state index contributed by atoms with van der Waals surface area (Å²) in [6.07, 6.45) is 10.0. The van der Waals surface area contributed by atoms with Gasteiger partial charge in [0.15, 0.2) is 0 Å². The first kappa shape index (κ1) is 21.6. The Morgan fingerprint density at radius 1 is 1.00 bits per heavy atom. The van der Waals surface area contributed by atoms with E-state index in [1.807, 2.05) is 0 Å². The predicted octanol–water partition coefficient (Wildman–Crippen LogP) is 5.17. The van der Waals surface area contributed by atoms with E-state index in [1.54, 1.807) is 7.11 Å². The van der Waals surface area contributed by atoms with Gasteiger partial charge in [-0.2, -0.15) is 0 Å². The first-order valence-electron chi connectivity index (χ1n) is 11.6. The molecule has 4 aliphatic rings. The van der Waals surface area contributed by atoms with Gasteiger partial charge in [0, 0.05) is 12.4 Å². The molecular formula is C24H41BrO3. The molecule has 4 fully saturated rings. The molecule has 0 bridgehead atoms. The number of methoxy groups -OCH3 is 1. The molecular weight excluding hydrogens is 416 g/mol. The number of ether oxygens (including phenoxy) is 1. The molecule has 0 saturated heterocycles. The molecule has 0 aliphatic heterocycles. The van der Waals surface area contributed by atoms with Gasteiger partial charge in [0.2, 0.25) is 0 Å². The Hall–Kier alpha value is 0.360. The van der Waals surface area contributed by atoms with Crippen molar-refractivity contribution < 1.29 is 14.9 Å². The fourth-order valence-corrected chi connectivity index (χ4v) is 9.25. The zero-order valence-corrected chi connectivity index (χ0v) is 19.9. The summed E-state index contributed by atoms with van der Waals surface area (Å²) in [5.41, 5.74) is -0.717. The second-order valence-electron chi connectivity index (χ2n) is 11.5. The third kappa shape index (κ3) is 2.91. The number of aliphatic hydroxyl groups is 2. The lowest BCUT2D eigenvalue weighted by molar-refractivity contribution is -0.184. The molecule has 0 spiro atoms. The molecule has 9 atom stereocenters. The molecule has 162 valence electrons. The molecule has 4 saturated carbocycles. The van der Waals surface area contributed by atoms with Crippen LogP contribution in [0.2, 0.25) is 0 Å². The Morgan fingerprint density at radius 3 is 2.39 bits per heavy atom. The van der Waals surface area contributed by atoms with Crippen LogP contribution in [-0.2, 0) is 4.74 Å². The first-order valence-corrected chi connectivity index (χ1v) is 12.8. The summed E-state index contributed by atoms with van der Waals surface area (Å²) in [4.78, 5) is 0. The maximum absolute atomic E-state index is 11.8. The van der Waals surface area contributed by atoms with Gasteiger partial charge in [-0.25, -0.2) is 0 Å². The van der Waals surface area contributed by atoms with Crippen molar-refractivity contribution in [3.05, 3.63) is 0 Å². The summed E-state index contributed by atoms with van der Waals surface area (Å²) in [5.74, 6) is 3.11. The molecule has 0 radical (unpaired) electrons. The molecule has 0 heterocycles. The summed E-state index contributed by atoms with van der Waals surface area (Å²) in [7, 11) is 1.71. The van der Waals surface area contributed by atoms with Gasteiger partial charge in [-0.05, 0) is 98.2 Å². The normalized spacial score (nSPS) is 54.5. The lowest BCUT2D eigenvalue weighted by Gasteiger charge is -2.63. The second kappa shape index (κ2) is 7.21. The van der Waals surface area contributed by atoms with Crippen LogP contribution < -0.4 is 0 Å². The summed E-state index contributed by atoms with van der Waals surface area (Å²) < 4.78 is 5.35. The van der Waals surface area contributed by atoms with Gasteiger partial charge < -0.3 is 14.9 Å². The van der Waals surface area contributed by atoms with E-state index in [0.717, 1.165) is 49.3 Å². The van der Waals surface area contributed by atoms with Crippen molar-refractivity contribution in [1.29, 1.82) is 0 Å². The number of alkyl halides is 1. The van der Waals surface area contributed by atoms with Crippen LogP contribution in [0.3, 0.4) is 0 Å². The van der Waals surface area contributed by atoms with Gasteiger partial charge in [-0.3, -0.25) is 0 Å². The van der Waals surface area contributed by atoms with E-state index in [4.69, 9.17) is 4.74 Å². The highest BCUT2D eigenvalue weighted by atomic mass is 79.9. The minimum Gasteiger partial charge on any atom is -0.389 e. The number of fused-ring (bicyclic) bond motifs is 5. The van der Waals surface area contributed by atoms with Crippen LogP contribution in [0.25, 0.3) is 0 Å². The summed E-state index contributed by atoms with van der Waals surface area (Å²) >= 11 is 3.65. The average Bonchev–Trinajstić information content (AvgIpc) is 2.94. The van der Waals surface area contributed by atoms with Crippen molar-refractivity contribution >= 4 is 15.9 Å². The van der Waals surface area contributed by atoms with E-state index in [-0.39, 0.29) is 5.41 Å². The molecule has 0 aromatic rings. The van der Waals surface area contributed by atoms with E-state index >= 15 is 0 Å². The van der Waals surface area contributed by atoms with E-state index in [9.17, 15) is 10.2 Å². The lowest BCUT2D eigenvalue weighted by Crippen LogP contribution is -2.59. The number of hydrogen-bond acceptors (Lipinski definition) is 3. The van der Waals surface area contributed by atoms with Crippen LogP contribution in [-0.4, -0.2) is 40.5 Å². The monoisotopic (exact) mass is 456 g/mol. The molecule has 4 aliphatic carbocycles. The largest absolute Gasteiger partial charge is 0.389 e. The Bertz CT molecular complexity index is 598. The first-order chi connectivity index (χ1) is 13.1. The Labute approximate surface area is 180 Å². The highest BCUT2D eigenvalue weighted by Gasteiger charge is 2.66. The molecule has 4 rings (SSSR count). The SMILES string of the molecule is COC[C@@]1(O)CC[C@@]2(C)[C@H](CC[C@@H]3[C@@H]2CC[C@@]2(C)[C@H]3CC[C@]2(O)C(C)CBr)C1. The average molecular weight is 457 g/mol. The minimum absolute atomic E-state index is 0.0655. The van der Waals surface area contributed by atoms with Crippen LogP contribution in [0.5, 0.6) is 0 Å². The third-order valence-corrected chi connectivity index (χ3v) is 11.5.